The molecule has 0 saturated carbocycles. The van der Waals surface area contributed by atoms with E-state index in [1.165, 1.54) is 0 Å². The number of nitrogens with one attached hydrogen (secondary N) is 1. The van der Waals surface area contributed by atoms with E-state index in [0.717, 1.165) is 0 Å². The van der Waals surface area contributed by atoms with E-state index < -0.39 is 17.8 Å². The lowest BCUT2D eigenvalue weighted by atomic mass is 10.2. The summed E-state index contributed by atoms with van der Waals surface area (Å²) in [6, 6.07) is -0.502. The zero-order valence-corrected chi connectivity index (χ0v) is 9.45. The summed E-state index contributed by atoms with van der Waals surface area (Å²) in [5.74, 6) is -1.37. The van der Waals surface area contributed by atoms with Crippen LogP contribution in [-0.2, 0) is 14.3 Å². The van der Waals surface area contributed by atoms with Crippen molar-refractivity contribution in [2.24, 2.45) is 0 Å². The van der Waals surface area contributed by atoms with E-state index in [-0.39, 0.29) is 6.10 Å². The molecule has 1 saturated heterocycles. The van der Waals surface area contributed by atoms with Crippen molar-refractivity contribution in [1.82, 2.24) is 5.32 Å². The third-order valence-corrected chi connectivity index (χ3v) is 2.37. The van der Waals surface area contributed by atoms with Crippen LogP contribution >= 0.6 is 0 Å². The van der Waals surface area contributed by atoms with Crippen molar-refractivity contribution < 1.29 is 19.4 Å². The molecule has 0 spiro atoms. The van der Waals surface area contributed by atoms with Crippen LogP contribution in [0, 0.1) is 0 Å². The Morgan fingerprint density at radius 2 is 2.33 bits per heavy atom. The van der Waals surface area contributed by atoms with Gasteiger partial charge in [-0.2, -0.15) is 0 Å². The standard InChI is InChI=1S/C10H19NO4/c1-4-8(9(12)13)11-5-7-6-14-10(2,3)15-7/h7-8,11H,4-6H2,1-3H3,(H,12,13). The van der Waals surface area contributed by atoms with Crippen LogP contribution in [0.4, 0.5) is 0 Å². The Kier molecular flexibility index (Phi) is 4.07. The smallest absolute Gasteiger partial charge is 0.320 e. The van der Waals surface area contributed by atoms with Crippen LogP contribution in [0.3, 0.4) is 0 Å². The van der Waals surface area contributed by atoms with Crippen molar-refractivity contribution in [1.29, 1.82) is 0 Å². The quantitative estimate of drug-likeness (QED) is 0.705. The van der Waals surface area contributed by atoms with Crippen LogP contribution in [0.15, 0.2) is 0 Å². The Morgan fingerprint density at radius 1 is 1.67 bits per heavy atom. The van der Waals surface area contributed by atoms with Gasteiger partial charge >= 0.3 is 5.97 Å². The highest BCUT2D eigenvalue weighted by molar-refractivity contribution is 5.73. The van der Waals surface area contributed by atoms with Crippen molar-refractivity contribution in [2.75, 3.05) is 13.2 Å². The normalized spacial score (nSPS) is 26.5. The fourth-order valence-electron chi connectivity index (χ4n) is 1.54. The molecule has 1 heterocycles. The highest BCUT2D eigenvalue weighted by Crippen LogP contribution is 2.21. The first-order valence-corrected chi connectivity index (χ1v) is 5.22. The molecule has 1 fully saturated rings. The number of rotatable bonds is 5. The number of aliphatic carboxylic acids is 1. The summed E-state index contributed by atoms with van der Waals surface area (Å²) in [5, 5.41) is 11.8. The van der Waals surface area contributed by atoms with Crippen LogP contribution in [0.5, 0.6) is 0 Å². The first-order valence-electron chi connectivity index (χ1n) is 5.22. The van der Waals surface area contributed by atoms with Gasteiger partial charge in [0, 0.05) is 6.54 Å². The van der Waals surface area contributed by atoms with Gasteiger partial charge in [-0.05, 0) is 20.3 Å². The number of carboxylic acid groups (broad SMARTS) is 1. The van der Waals surface area contributed by atoms with E-state index in [1.54, 1.807) is 0 Å². The third kappa shape index (κ3) is 3.77. The summed E-state index contributed by atoms with van der Waals surface area (Å²) in [6.07, 6.45) is 0.500. The summed E-state index contributed by atoms with van der Waals surface area (Å²) in [5.41, 5.74) is 0. The lowest BCUT2D eigenvalue weighted by Crippen LogP contribution is -2.41. The average molecular weight is 217 g/mol. The highest BCUT2D eigenvalue weighted by Gasteiger charge is 2.32. The van der Waals surface area contributed by atoms with Crippen molar-refractivity contribution in [2.45, 2.75) is 45.1 Å². The minimum Gasteiger partial charge on any atom is -0.480 e. The number of carbonyl (C=O) groups is 1. The first kappa shape index (κ1) is 12.4. The monoisotopic (exact) mass is 217 g/mol. The molecular weight excluding hydrogens is 198 g/mol. The van der Waals surface area contributed by atoms with E-state index in [2.05, 4.69) is 5.32 Å². The van der Waals surface area contributed by atoms with Crippen molar-refractivity contribution >= 4 is 5.97 Å². The summed E-state index contributed by atoms with van der Waals surface area (Å²) >= 11 is 0. The molecule has 15 heavy (non-hydrogen) atoms. The minimum absolute atomic E-state index is 0.0617. The van der Waals surface area contributed by atoms with Gasteiger partial charge in [0.2, 0.25) is 0 Å². The van der Waals surface area contributed by atoms with Crippen LogP contribution < -0.4 is 5.32 Å². The molecular formula is C10H19NO4. The van der Waals surface area contributed by atoms with Crippen LogP contribution in [0.2, 0.25) is 0 Å². The van der Waals surface area contributed by atoms with Crippen LogP contribution in [0.1, 0.15) is 27.2 Å². The van der Waals surface area contributed by atoms with Gasteiger partial charge in [0.25, 0.3) is 0 Å². The predicted octanol–water partition coefficient (Wildman–Crippen LogP) is 0.591. The van der Waals surface area contributed by atoms with Crippen LogP contribution in [0.25, 0.3) is 0 Å². The number of ether oxygens (including phenoxy) is 2. The van der Waals surface area contributed by atoms with Gasteiger partial charge in [0.1, 0.15) is 6.04 Å². The van der Waals surface area contributed by atoms with E-state index >= 15 is 0 Å². The fourth-order valence-corrected chi connectivity index (χ4v) is 1.54. The molecule has 0 bridgehead atoms. The Hall–Kier alpha value is -0.650. The molecule has 0 aromatic rings. The van der Waals surface area contributed by atoms with Gasteiger partial charge in [-0.15, -0.1) is 0 Å². The first-order chi connectivity index (χ1) is 6.94. The van der Waals surface area contributed by atoms with Gasteiger partial charge in [-0.25, -0.2) is 0 Å². The number of carboxylic acids is 1. The Bertz CT molecular complexity index is 229. The largest absolute Gasteiger partial charge is 0.480 e. The second-order valence-corrected chi connectivity index (χ2v) is 4.16. The second-order valence-electron chi connectivity index (χ2n) is 4.16. The van der Waals surface area contributed by atoms with E-state index in [4.69, 9.17) is 14.6 Å². The third-order valence-electron chi connectivity index (χ3n) is 2.37. The van der Waals surface area contributed by atoms with E-state index in [1.807, 2.05) is 20.8 Å². The lowest BCUT2D eigenvalue weighted by Gasteiger charge is -2.18. The maximum atomic E-state index is 10.7. The molecule has 88 valence electrons. The summed E-state index contributed by atoms with van der Waals surface area (Å²) < 4.78 is 10.9. The Morgan fingerprint density at radius 3 is 2.73 bits per heavy atom. The van der Waals surface area contributed by atoms with E-state index in [0.29, 0.717) is 19.6 Å². The molecule has 2 N–H and O–H groups in total. The molecule has 0 amide bonds. The Labute approximate surface area is 89.8 Å². The SMILES string of the molecule is CCC(NCC1COC(C)(C)O1)C(=O)O. The molecule has 5 heteroatoms. The van der Waals surface area contributed by atoms with Gasteiger partial charge in [0.05, 0.1) is 12.7 Å². The van der Waals surface area contributed by atoms with E-state index in [9.17, 15) is 4.79 Å². The van der Waals surface area contributed by atoms with Gasteiger partial charge in [-0.1, -0.05) is 6.92 Å². The Balaban J connectivity index is 2.29. The summed E-state index contributed by atoms with van der Waals surface area (Å²) in [7, 11) is 0. The van der Waals surface area contributed by atoms with Gasteiger partial charge in [-0.3, -0.25) is 4.79 Å². The second kappa shape index (κ2) is 4.92. The molecule has 2 unspecified atom stereocenters. The lowest BCUT2D eigenvalue weighted by molar-refractivity contribution is -0.141. The molecule has 1 rings (SSSR count). The fraction of sp³-hybridized carbons (Fsp3) is 0.900. The molecule has 2 atom stereocenters. The molecule has 0 radical (unpaired) electrons. The van der Waals surface area contributed by atoms with Gasteiger partial charge < -0.3 is 19.9 Å². The summed E-state index contributed by atoms with van der Waals surface area (Å²) in [4.78, 5) is 10.7. The van der Waals surface area contributed by atoms with Gasteiger partial charge in [0.15, 0.2) is 5.79 Å². The molecule has 1 aliphatic heterocycles. The van der Waals surface area contributed by atoms with Crippen molar-refractivity contribution in [3.63, 3.8) is 0 Å². The predicted molar refractivity (Wildman–Crippen MR) is 54.6 cm³/mol. The molecule has 1 aliphatic rings. The minimum atomic E-state index is -0.823. The zero-order valence-electron chi connectivity index (χ0n) is 9.45. The average Bonchev–Trinajstić information content (AvgIpc) is 2.46. The molecule has 0 aliphatic carbocycles. The van der Waals surface area contributed by atoms with Crippen molar-refractivity contribution in [3.8, 4) is 0 Å². The molecule has 5 nitrogen and oxygen atoms in total. The maximum absolute atomic E-state index is 10.7. The maximum Gasteiger partial charge on any atom is 0.320 e. The number of hydrogen-bond donors (Lipinski definition) is 2. The van der Waals surface area contributed by atoms with Crippen LogP contribution in [-0.4, -0.2) is 42.2 Å². The molecule has 0 aromatic carbocycles. The number of hydrogen-bond acceptors (Lipinski definition) is 4. The zero-order chi connectivity index (χ0) is 11.5. The summed E-state index contributed by atoms with van der Waals surface area (Å²) in [6.45, 7) is 6.55. The highest BCUT2D eigenvalue weighted by atomic mass is 16.7. The molecule has 0 aromatic heterocycles. The topological polar surface area (TPSA) is 67.8 Å². The van der Waals surface area contributed by atoms with Crippen molar-refractivity contribution in [3.05, 3.63) is 0 Å².